The van der Waals surface area contributed by atoms with Gasteiger partial charge in [0.05, 0.1) is 13.0 Å². The maximum Gasteiger partial charge on any atom is 0.307 e. The summed E-state index contributed by atoms with van der Waals surface area (Å²) in [6.45, 7) is 0. The zero-order chi connectivity index (χ0) is 11.7. The highest BCUT2D eigenvalue weighted by atomic mass is 16.5. The highest BCUT2D eigenvalue weighted by Gasteiger charge is 2.48. The van der Waals surface area contributed by atoms with Crippen molar-refractivity contribution < 1.29 is 19.4 Å². The van der Waals surface area contributed by atoms with E-state index >= 15 is 0 Å². The van der Waals surface area contributed by atoms with Gasteiger partial charge in [-0.2, -0.15) is 0 Å². The van der Waals surface area contributed by atoms with Gasteiger partial charge in [-0.1, -0.05) is 0 Å². The highest BCUT2D eigenvalue weighted by Crippen LogP contribution is 2.41. The van der Waals surface area contributed by atoms with Gasteiger partial charge in [0, 0.05) is 11.5 Å². The minimum Gasteiger partial charge on any atom is -0.497 e. The number of benzene rings is 1. The normalized spacial score (nSPS) is 22.6. The van der Waals surface area contributed by atoms with Crippen molar-refractivity contribution in [2.75, 3.05) is 7.11 Å². The third-order valence-electron chi connectivity index (χ3n) is 2.82. The first-order valence-corrected chi connectivity index (χ1v) is 5.04. The predicted octanol–water partition coefficient (Wildman–Crippen LogP) is 1.60. The number of methoxy groups -OCH3 is 1. The molecule has 0 spiro atoms. The molecule has 0 radical (unpaired) electrons. The van der Waals surface area contributed by atoms with Crippen LogP contribution in [0, 0.1) is 11.8 Å². The number of rotatable bonds is 4. The smallest absolute Gasteiger partial charge is 0.307 e. The Morgan fingerprint density at radius 2 is 1.88 bits per heavy atom. The van der Waals surface area contributed by atoms with Gasteiger partial charge in [-0.25, -0.2) is 0 Å². The van der Waals surface area contributed by atoms with E-state index in [2.05, 4.69) is 0 Å². The molecule has 84 valence electrons. The first-order valence-electron chi connectivity index (χ1n) is 5.04. The van der Waals surface area contributed by atoms with Crippen LogP contribution in [-0.4, -0.2) is 24.0 Å². The second-order valence-corrected chi connectivity index (χ2v) is 3.88. The summed E-state index contributed by atoms with van der Waals surface area (Å²) in [6, 6.07) is 6.73. The van der Waals surface area contributed by atoms with E-state index in [1.165, 1.54) is 0 Å². The second kappa shape index (κ2) is 3.96. The Hall–Kier alpha value is -1.84. The van der Waals surface area contributed by atoms with Crippen LogP contribution >= 0.6 is 0 Å². The molecule has 0 amide bonds. The number of Topliss-reactive ketones (excluding diaryl/α,β-unsaturated/α-hetero) is 1. The van der Waals surface area contributed by atoms with Gasteiger partial charge in [0.25, 0.3) is 0 Å². The molecule has 1 aliphatic rings. The summed E-state index contributed by atoms with van der Waals surface area (Å²) >= 11 is 0. The number of carbonyl (C=O) groups excluding carboxylic acids is 1. The molecule has 1 aliphatic carbocycles. The summed E-state index contributed by atoms with van der Waals surface area (Å²) in [7, 11) is 1.55. The maximum absolute atomic E-state index is 11.8. The van der Waals surface area contributed by atoms with Crippen molar-refractivity contribution in [1.82, 2.24) is 0 Å². The molecule has 2 atom stereocenters. The minimum absolute atomic E-state index is 0.0879. The molecular formula is C12H12O4. The summed E-state index contributed by atoms with van der Waals surface area (Å²) in [5.74, 6) is -1.12. The number of carboxylic acids is 1. The molecule has 4 nitrogen and oxygen atoms in total. The minimum atomic E-state index is -0.883. The molecule has 4 heteroatoms. The van der Waals surface area contributed by atoms with Crippen LogP contribution < -0.4 is 4.74 Å². The number of ether oxygens (including phenoxy) is 1. The SMILES string of the molecule is COc1ccc(C(=O)[C@H]2C[C@H]2C(=O)O)cc1. The molecule has 1 aromatic carbocycles. The molecule has 2 rings (SSSR count). The molecule has 0 bridgehead atoms. The molecule has 0 heterocycles. The lowest BCUT2D eigenvalue weighted by Crippen LogP contribution is -2.08. The van der Waals surface area contributed by atoms with Gasteiger partial charge in [-0.05, 0) is 30.7 Å². The molecule has 0 saturated heterocycles. The van der Waals surface area contributed by atoms with E-state index in [0.717, 1.165) is 0 Å². The van der Waals surface area contributed by atoms with E-state index in [-0.39, 0.29) is 11.7 Å². The molecule has 1 aromatic rings. The van der Waals surface area contributed by atoms with E-state index in [4.69, 9.17) is 9.84 Å². The Labute approximate surface area is 92.8 Å². The van der Waals surface area contributed by atoms with Crippen molar-refractivity contribution in [2.24, 2.45) is 11.8 Å². The Morgan fingerprint density at radius 3 is 2.31 bits per heavy atom. The average molecular weight is 220 g/mol. The molecular weight excluding hydrogens is 208 g/mol. The Morgan fingerprint density at radius 1 is 1.25 bits per heavy atom. The zero-order valence-electron chi connectivity index (χ0n) is 8.84. The quantitative estimate of drug-likeness (QED) is 0.783. The van der Waals surface area contributed by atoms with Gasteiger partial charge in [-0.15, -0.1) is 0 Å². The van der Waals surface area contributed by atoms with Gasteiger partial charge in [-0.3, -0.25) is 9.59 Å². The third kappa shape index (κ3) is 1.91. The first-order chi connectivity index (χ1) is 7.63. The standard InChI is InChI=1S/C12H12O4/c1-16-8-4-2-7(3-5-8)11(13)9-6-10(9)12(14)15/h2-5,9-10H,6H2,1H3,(H,14,15)/t9-,10+/m0/s1. The second-order valence-electron chi connectivity index (χ2n) is 3.88. The lowest BCUT2D eigenvalue weighted by atomic mass is 10.1. The Balaban J connectivity index is 2.08. The molecule has 0 aromatic heterocycles. The van der Waals surface area contributed by atoms with E-state index in [0.29, 0.717) is 17.7 Å². The third-order valence-corrected chi connectivity index (χ3v) is 2.82. The van der Waals surface area contributed by atoms with Crippen LogP contribution in [0.1, 0.15) is 16.8 Å². The van der Waals surface area contributed by atoms with Gasteiger partial charge in [0.1, 0.15) is 5.75 Å². The van der Waals surface area contributed by atoms with Crippen LogP contribution in [0.5, 0.6) is 5.75 Å². The summed E-state index contributed by atoms with van der Waals surface area (Å²) in [5, 5.41) is 8.73. The fourth-order valence-corrected chi connectivity index (χ4v) is 1.73. The van der Waals surface area contributed by atoms with Gasteiger partial charge in [0.15, 0.2) is 5.78 Å². The number of hydrogen-bond acceptors (Lipinski definition) is 3. The number of hydrogen-bond donors (Lipinski definition) is 1. The van der Waals surface area contributed by atoms with Gasteiger partial charge >= 0.3 is 5.97 Å². The first kappa shape index (κ1) is 10.7. The summed E-state index contributed by atoms with van der Waals surface area (Å²) in [6.07, 6.45) is 0.459. The lowest BCUT2D eigenvalue weighted by molar-refractivity contribution is -0.138. The number of carbonyl (C=O) groups is 2. The van der Waals surface area contributed by atoms with Crippen LogP contribution in [0.3, 0.4) is 0 Å². The number of carboxylic acid groups (broad SMARTS) is 1. The van der Waals surface area contributed by atoms with Crippen LogP contribution in [0.15, 0.2) is 24.3 Å². The Bertz CT molecular complexity index is 421. The highest BCUT2D eigenvalue weighted by molar-refractivity contribution is 6.02. The van der Waals surface area contributed by atoms with Crippen molar-refractivity contribution in [3.05, 3.63) is 29.8 Å². The van der Waals surface area contributed by atoms with Gasteiger partial charge < -0.3 is 9.84 Å². The molecule has 0 aliphatic heterocycles. The zero-order valence-corrected chi connectivity index (χ0v) is 8.84. The number of aliphatic carboxylic acids is 1. The molecule has 1 fully saturated rings. The molecule has 1 N–H and O–H groups in total. The van der Waals surface area contributed by atoms with Crippen molar-refractivity contribution in [2.45, 2.75) is 6.42 Å². The maximum atomic E-state index is 11.8. The topological polar surface area (TPSA) is 63.6 Å². The van der Waals surface area contributed by atoms with E-state index in [9.17, 15) is 9.59 Å². The monoisotopic (exact) mass is 220 g/mol. The van der Waals surface area contributed by atoms with Crippen LogP contribution in [0.4, 0.5) is 0 Å². The summed E-state index contributed by atoms with van der Waals surface area (Å²) in [4.78, 5) is 22.5. The molecule has 0 unspecified atom stereocenters. The van der Waals surface area contributed by atoms with E-state index in [1.807, 2.05) is 0 Å². The Kier molecular flexibility index (Phi) is 2.64. The fourth-order valence-electron chi connectivity index (χ4n) is 1.73. The van der Waals surface area contributed by atoms with Crippen molar-refractivity contribution in [1.29, 1.82) is 0 Å². The van der Waals surface area contributed by atoms with Crippen LogP contribution in [0.2, 0.25) is 0 Å². The van der Waals surface area contributed by atoms with E-state index < -0.39 is 11.9 Å². The average Bonchev–Trinajstić information content (AvgIpc) is 3.08. The van der Waals surface area contributed by atoms with Crippen LogP contribution in [-0.2, 0) is 4.79 Å². The fraction of sp³-hybridized carbons (Fsp3) is 0.333. The summed E-state index contributed by atoms with van der Waals surface area (Å²) < 4.78 is 4.98. The lowest BCUT2D eigenvalue weighted by Gasteiger charge is -2.01. The van der Waals surface area contributed by atoms with Crippen LogP contribution in [0.25, 0.3) is 0 Å². The largest absolute Gasteiger partial charge is 0.497 e. The van der Waals surface area contributed by atoms with E-state index in [1.54, 1.807) is 31.4 Å². The van der Waals surface area contributed by atoms with Gasteiger partial charge in [0.2, 0.25) is 0 Å². The van der Waals surface area contributed by atoms with Crippen molar-refractivity contribution >= 4 is 11.8 Å². The molecule has 16 heavy (non-hydrogen) atoms. The van der Waals surface area contributed by atoms with Crippen molar-refractivity contribution in [3.8, 4) is 5.75 Å². The van der Waals surface area contributed by atoms with Crippen molar-refractivity contribution in [3.63, 3.8) is 0 Å². The number of ketones is 1. The predicted molar refractivity (Wildman–Crippen MR) is 56.6 cm³/mol. The summed E-state index contributed by atoms with van der Waals surface area (Å²) in [5.41, 5.74) is 0.551. The molecule has 1 saturated carbocycles.